The number of rotatable bonds is 2. The maximum Gasteiger partial charge on any atom is 0.0914 e. The van der Waals surface area contributed by atoms with E-state index >= 15 is 0 Å². The van der Waals surface area contributed by atoms with Gasteiger partial charge in [-0.1, -0.05) is 24.3 Å². The van der Waals surface area contributed by atoms with Gasteiger partial charge in [0.05, 0.1) is 16.9 Å². The maximum absolute atomic E-state index is 4.82. The molecule has 2 aromatic heterocycles. The van der Waals surface area contributed by atoms with Crippen LogP contribution in [0, 0.1) is 0 Å². The number of likely N-dealkylation sites (N-methyl/N-ethyl adjacent to an activating group) is 1. The number of piperazine rings is 1. The molecule has 0 amide bonds. The molecular weight excluding hydrogens is 444 g/mol. The second kappa shape index (κ2) is 8.74. The Labute approximate surface area is 169 Å². The van der Waals surface area contributed by atoms with E-state index in [4.69, 9.17) is 4.98 Å². The molecule has 0 N–H and O–H groups in total. The third-order valence-corrected chi connectivity index (χ3v) is 4.47. The first-order chi connectivity index (χ1) is 11.3. The molecular formula is C19H22Br2N4. The van der Waals surface area contributed by atoms with E-state index in [-0.39, 0.29) is 34.0 Å². The lowest BCUT2D eigenvalue weighted by Gasteiger charge is -2.34. The second-order valence-corrected chi connectivity index (χ2v) is 6.05. The van der Waals surface area contributed by atoms with Gasteiger partial charge >= 0.3 is 0 Å². The maximum atomic E-state index is 4.82. The van der Waals surface area contributed by atoms with Crippen molar-refractivity contribution in [3.05, 3.63) is 54.7 Å². The molecule has 1 fully saturated rings. The van der Waals surface area contributed by atoms with E-state index < -0.39 is 0 Å². The number of pyridine rings is 2. The zero-order valence-corrected chi connectivity index (χ0v) is 17.6. The molecule has 0 spiro atoms. The predicted molar refractivity (Wildman–Crippen MR) is 115 cm³/mol. The number of anilines is 1. The summed E-state index contributed by atoms with van der Waals surface area (Å²) in [5.74, 6) is 0. The van der Waals surface area contributed by atoms with E-state index in [0.717, 1.165) is 43.1 Å². The van der Waals surface area contributed by atoms with Crippen molar-refractivity contribution < 1.29 is 0 Å². The summed E-state index contributed by atoms with van der Waals surface area (Å²) >= 11 is 0. The molecule has 3 aromatic rings. The molecule has 3 heterocycles. The van der Waals surface area contributed by atoms with Gasteiger partial charge in [-0.15, -0.1) is 34.0 Å². The van der Waals surface area contributed by atoms with E-state index in [2.05, 4.69) is 46.1 Å². The van der Waals surface area contributed by atoms with Crippen molar-refractivity contribution in [2.75, 3.05) is 38.1 Å². The molecule has 0 saturated carbocycles. The zero-order valence-electron chi connectivity index (χ0n) is 14.1. The molecule has 0 atom stereocenters. The van der Waals surface area contributed by atoms with Crippen molar-refractivity contribution >= 4 is 50.6 Å². The Kier molecular flexibility index (Phi) is 6.93. The van der Waals surface area contributed by atoms with Gasteiger partial charge in [-0.2, -0.15) is 0 Å². The molecule has 1 aliphatic rings. The average molecular weight is 466 g/mol. The molecule has 25 heavy (non-hydrogen) atoms. The van der Waals surface area contributed by atoms with Gasteiger partial charge in [0.2, 0.25) is 0 Å². The molecule has 1 aliphatic heterocycles. The van der Waals surface area contributed by atoms with Crippen molar-refractivity contribution in [3.63, 3.8) is 0 Å². The van der Waals surface area contributed by atoms with Crippen LogP contribution in [0.25, 0.3) is 22.3 Å². The van der Waals surface area contributed by atoms with Crippen LogP contribution in [0.15, 0.2) is 54.7 Å². The van der Waals surface area contributed by atoms with Crippen molar-refractivity contribution in [2.45, 2.75) is 0 Å². The smallest absolute Gasteiger partial charge is 0.0914 e. The average Bonchev–Trinajstić information content (AvgIpc) is 2.62. The number of halogens is 2. The topological polar surface area (TPSA) is 32.3 Å². The quantitative estimate of drug-likeness (QED) is 0.567. The van der Waals surface area contributed by atoms with Crippen LogP contribution in [0.4, 0.5) is 5.69 Å². The summed E-state index contributed by atoms with van der Waals surface area (Å²) in [4.78, 5) is 14.1. The molecule has 132 valence electrons. The van der Waals surface area contributed by atoms with Crippen molar-refractivity contribution in [1.29, 1.82) is 0 Å². The molecule has 4 nitrogen and oxygen atoms in total. The molecule has 6 heteroatoms. The third kappa shape index (κ3) is 4.19. The third-order valence-electron chi connectivity index (χ3n) is 4.47. The highest BCUT2D eigenvalue weighted by Gasteiger charge is 2.18. The number of nitrogens with zero attached hydrogens (tertiary/aromatic N) is 4. The van der Waals surface area contributed by atoms with Crippen LogP contribution in [-0.2, 0) is 0 Å². The highest BCUT2D eigenvalue weighted by molar-refractivity contribution is 8.93. The van der Waals surface area contributed by atoms with Crippen molar-refractivity contribution in [1.82, 2.24) is 14.9 Å². The zero-order chi connectivity index (χ0) is 15.6. The Morgan fingerprint density at radius 2 is 1.56 bits per heavy atom. The second-order valence-electron chi connectivity index (χ2n) is 6.05. The van der Waals surface area contributed by atoms with Crippen molar-refractivity contribution in [3.8, 4) is 11.4 Å². The molecule has 1 aromatic carbocycles. The summed E-state index contributed by atoms with van der Waals surface area (Å²) in [6.45, 7) is 4.28. The minimum Gasteiger partial charge on any atom is -0.368 e. The van der Waals surface area contributed by atoms with E-state index in [9.17, 15) is 0 Å². The van der Waals surface area contributed by atoms with Crippen LogP contribution >= 0.6 is 34.0 Å². The molecule has 4 rings (SSSR count). The van der Waals surface area contributed by atoms with E-state index in [1.54, 1.807) is 0 Å². The number of hydrogen-bond acceptors (Lipinski definition) is 4. The minimum atomic E-state index is 0. The number of aromatic nitrogens is 2. The summed E-state index contributed by atoms with van der Waals surface area (Å²) in [5.41, 5.74) is 4.17. The number of fused-ring (bicyclic) bond motifs is 1. The minimum absolute atomic E-state index is 0. The van der Waals surface area contributed by atoms with Gasteiger partial charge in [-0.3, -0.25) is 4.98 Å². The first-order valence-electron chi connectivity index (χ1n) is 8.06. The highest BCUT2D eigenvalue weighted by atomic mass is 79.9. The van der Waals surface area contributed by atoms with Gasteiger partial charge in [0.15, 0.2) is 0 Å². The summed E-state index contributed by atoms with van der Waals surface area (Å²) < 4.78 is 0. The Hall–Kier alpha value is -1.50. The normalized spacial score (nSPS) is 14.7. The largest absolute Gasteiger partial charge is 0.368 e. The predicted octanol–water partition coefficient (Wildman–Crippen LogP) is 4.20. The fourth-order valence-corrected chi connectivity index (χ4v) is 3.11. The first kappa shape index (κ1) is 19.8. The molecule has 0 aliphatic carbocycles. The van der Waals surface area contributed by atoms with E-state index in [1.165, 1.54) is 11.1 Å². The van der Waals surface area contributed by atoms with Gasteiger partial charge in [-0.05, 0) is 31.3 Å². The van der Waals surface area contributed by atoms with Crippen LogP contribution in [0.5, 0.6) is 0 Å². The fraction of sp³-hybridized carbons (Fsp3) is 0.263. The monoisotopic (exact) mass is 464 g/mol. The Morgan fingerprint density at radius 1 is 0.840 bits per heavy atom. The van der Waals surface area contributed by atoms with Gasteiger partial charge in [0.1, 0.15) is 0 Å². The van der Waals surface area contributed by atoms with Gasteiger partial charge in [-0.25, -0.2) is 4.98 Å². The number of benzene rings is 1. The molecule has 0 radical (unpaired) electrons. The van der Waals surface area contributed by atoms with Crippen LogP contribution in [0.2, 0.25) is 0 Å². The highest BCUT2D eigenvalue weighted by Crippen LogP contribution is 2.30. The Balaban J connectivity index is 0.00000113. The molecule has 1 saturated heterocycles. The van der Waals surface area contributed by atoms with Crippen LogP contribution < -0.4 is 4.90 Å². The Bertz CT molecular complexity index is 818. The Morgan fingerprint density at radius 3 is 2.28 bits per heavy atom. The van der Waals surface area contributed by atoms with Crippen LogP contribution in [-0.4, -0.2) is 48.1 Å². The summed E-state index contributed by atoms with van der Waals surface area (Å²) in [6.07, 6.45) is 1.82. The fourth-order valence-electron chi connectivity index (χ4n) is 3.11. The van der Waals surface area contributed by atoms with Crippen molar-refractivity contribution in [2.24, 2.45) is 0 Å². The summed E-state index contributed by atoms with van der Waals surface area (Å²) in [5, 5.41) is 1.22. The standard InChI is InChI=1S/C19H20N4.2BrH/c1-22-10-12-23(13-11-22)19-14-18(17-8-4-5-9-20-17)21-16-7-3-2-6-15(16)19;;/h2-9,14H,10-13H2,1H3;2*1H. The lowest BCUT2D eigenvalue weighted by Crippen LogP contribution is -2.44. The van der Waals surface area contributed by atoms with Crippen LogP contribution in [0.3, 0.4) is 0 Å². The lowest BCUT2D eigenvalue weighted by atomic mass is 10.1. The van der Waals surface area contributed by atoms with E-state index in [1.807, 2.05) is 30.5 Å². The molecule has 0 unspecified atom stereocenters. The lowest BCUT2D eigenvalue weighted by molar-refractivity contribution is 0.313. The molecule has 0 bridgehead atoms. The van der Waals surface area contributed by atoms with Gasteiger partial charge in [0.25, 0.3) is 0 Å². The summed E-state index contributed by atoms with van der Waals surface area (Å²) in [7, 11) is 2.18. The van der Waals surface area contributed by atoms with Crippen LogP contribution in [0.1, 0.15) is 0 Å². The first-order valence-corrected chi connectivity index (χ1v) is 8.06. The number of hydrogen-bond donors (Lipinski definition) is 0. The summed E-state index contributed by atoms with van der Waals surface area (Å²) in [6, 6.07) is 16.5. The SMILES string of the molecule is Br.Br.CN1CCN(c2cc(-c3ccccn3)nc3ccccc23)CC1. The van der Waals surface area contributed by atoms with Gasteiger partial charge < -0.3 is 9.80 Å². The van der Waals surface area contributed by atoms with Gasteiger partial charge in [0, 0.05) is 43.4 Å². The van der Waals surface area contributed by atoms with E-state index in [0.29, 0.717) is 0 Å². The number of para-hydroxylation sites is 1.